The molecule has 0 spiro atoms. The van der Waals surface area contributed by atoms with Crippen molar-refractivity contribution in [3.05, 3.63) is 22.5 Å². The highest BCUT2D eigenvalue weighted by atomic mass is 16.5. The van der Waals surface area contributed by atoms with Crippen LogP contribution in [0.25, 0.3) is 0 Å². The van der Waals surface area contributed by atoms with E-state index in [0.29, 0.717) is 22.7 Å². The summed E-state index contributed by atoms with van der Waals surface area (Å²) in [6.45, 7) is 9.00. The SMILES string of the molecule is CCOC(=O)c1c(C)[nH]c(C(=O)O[C@H](C)C(=O)N[C@H]2CCCC[C@@H]2C)c1C. The second kappa shape index (κ2) is 9.06. The zero-order chi connectivity index (χ0) is 20.1. The summed E-state index contributed by atoms with van der Waals surface area (Å²) in [5, 5.41) is 2.99. The van der Waals surface area contributed by atoms with Crippen LogP contribution < -0.4 is 5.32 Å². The average molecular weight is 378 g/mol. The largest absolute Gasteiger partial charge is 0.462 e. The van der Waals surface area contributed by atoms with Crippen LogP contribution in [0.4, 0.5) is 0 Å². The molecule has 1 aliphatic carbocycles. The van der Waals surface area contributed by atoms with Gasteiger partial charge in [0.1, 0.15) is 5.69 Å². The van der Waals surface area contributed by atoms with Gasteiger partial charge in [-0.25, -0.2) is 9.59 Å². The lowest BCUT2D eigenvalue weighted by atomic mass is 9.86. The number of hydrogen-bond donors (Lipinski definition) is 2. The first-order valence-electron chi connectivity index (χ1n) is 9.63. The van der Waals surface area contributed by atoms with Gasteiger partial charge in [0.05, 0.1) is 12.2 Å². The van der Waals surface area contributed by atoms with Gasteiger partial charge in [-0.15, -0.1) is 0 Å². The minimum absolute atomic E-state index is 0.122. The van der Waals surface area contributed by atoms with Crippen molar-refractivity contribution in [2.24, 2.45) is 5.92 Å². The van der Waals surface area contributed by atoms with Crippen molar-refractivity contribution >= 4 is 17.8 Å². The van der Waals surface area contributed by atoms with Crippen LogP contribution in [-0.2, 0) is 14.3 Å². The normalized spacial score (nSPS) is 20.6. The standard InChI is InChI=1S/C20H30N2O5/c1-6-26-19(24)16-12(3)17(21-13(16)4)20(25)27-14(5)18(23)22-15-10-8-7-9-11(15)2/h11,14-15,21H,6-10H2,1-5H3,(H,22,23)/t11-,14+,15-/m0/s1. The highest BCUT2D eigenvalue weighted by Gasteiger charge is 2.29. The van der Waals surface area contributed by atoms with Crippen LogP contribution in [0, 0.1) is 19.8 Å². The Balaban J connectivity index is 2.02. The molecule has 0 aromatic carbocycles. The summed E-state index contributed by atoms with van der Waals surface area (Å²) in [5.41, 5.74) is 1.49. The van der Waals surface area contributed by atoms with Gasteiger partial charge in [-0.05, 0) is 52.0 Å². The molecule has 7 nitrogen and oxygen atoms in total. The molecule has 0 unspecified atom stereocenters. The highest BCUT2D eigenvalue weighted by Crippen LogP contribution is 2.24. The van der Waals surface area contributed by atoms with Crippen molar-refractivity contribution in [3.8, 4) is 0 Å². The number of amides is 1. The van der Waals surface area contributed by atoms with Crippen LogP contribution in [0.2, 0.25) is 0 Å². The predicted molar refractivity (Wildman–Crippen MR) is 101 cm³/mol. The molecule has 150 valence electrons. The number of ether oxygens (including phenoxy) is 2. The summed E-state index contributed by atoms with van der Waals surface area (Å²) in [6.07, 6.45) is 3.41. The summed E-state index contributed by atoms with van der Waals surface area (Å²) in [4.78, 5) is 39.8. The zero-order valence-electron chi connectivity index (χ0n) is 16.8. The second-order valence-corrected chi connectivity index (χ2v) is 7.27. The number of aryl methyl sites for hydroxylation is 1. The number of H-pyrrole nitrogens is 1. The Morgan fingerprint density at radius 3 is 2.48 bits per heavy atom. The number of hydrogen-bond acceptors (Lipinski definition) is 5. The van der Waals surface area contributed by atoms with Crippen LogP contribution in [0.1, 0.15) is 78.6 Å². The predicted octanol–water partition coefficient (Wildman–Crippen LogP) is 3.05. The van der Waals surface area contributed by atoms with Crippen LogP contribution in [-0.4, -0.2) is 41.6 Å². The Kier molecular flexibility index (Phi) is 7.05. The first-order valence-corrected chi connectivity index (χ1v) is 9.63. The maximum atomic E-state index is 12.5. The van der Waals surface area contributed by atoms with E-state index < -0.39 is 18.0 Å². The van der Waals surface area contributed by atoms with E-state index in [1.807, 2.05) is 0 Å². The van der Waals surface area contributed by atoms with E-state index in [4.69, 9.17) is 9.47 Å². The monoisotopic (exact) mass is 378 g/mol. The third kappa shape index (κ3) is 4.90. The van der Waals surface area contributed by atoms with Crippen molar-refractivity contribution in [1.82, 2.24) is 10.3 Å². The van der Waals surface area contributed by atoms with E-state index in [1.165, 1.54) is 6.42 Å². The fourth-order valence-corrected chi connectivity index (χ4v) is 3.57. The van der Waals surface area contributed by atoms with Crippen molar-refractivity contribution in [1.29, 1.82) is 0 Å². The summed E-state index contributed by atoms with van der Waals surface area (Å²) in [7, 11) is 0. The van der Waals surface area contributed by atoms with Gasteiger partial charge in [-0.2, -0.15) is 0 Å². The van der Waals surface area contributed by atoms with Gasteiger partial charge in [0.15, 0.2) is 6.10 Å². The molecule has 0 radical (unpaired) electrons. The maximum Gasteiger partial charge on any atom is 0.355 e. The summed E-state index contributed by atoms with van der Waals surface area (Å²) >= 11 is 0. The molecule has 1 fully saturated rings. The van der Waals surface area contributed by atoms with E-state index >= 15 is 0 Å². The molecule has 7 heteroatoms. The topological polar surface area (TPSA) is 97.5 Å². The third-order valence-electron chi connectivity index (χ3n) is 5.21. The van der Waals surface area contributed by atoms with Crippen LogP contribution >= 0.6 is 0 Å². The molecule has 1 saturated carbocycles. The molecule has 1 amide bonds. The Hall–Kier alpha value is -2.31. The quantitative estimate of drug-likeness (QED) is 0.742. The van der Waals surface area contributed by atoms with Crippen LogP contribution in [0.15, 0.2) is 0 Å². The molecule has 3 atom stereocenters. The number of aromatic amines is 1. The molecule has 1 aliphatic rings. The Morgan fingerprint density at radius 1 is 1.19 bits per heavy atom. The van der Waals surface area contributed by atoms with E-state index in [1.54, 1.807) is 27.7 Å². The lowest BCUT2D eigenvalue weighted by Gasteiger charge is -2.30. The maximum absolute atomic E-state index is 12.5. The number of rotatable bonds is 6. The number of aromatic nitrogens is 1. The lowest BCUT2D eigenvalue weighted by molar-refractivity contribution is -0.130. The number of carbonyl (C=O) groups excluding carboxylic acids is 3. The first-order chi connectivity index (χ1) is 12.8. The van der Waals surface area contributed by atoms with Gasteiger partial charge >= 0.3 is 11.9 Å². The van der Waals surface area contributed by atoms with Gasteiger partial charge in [-0.3, -0.25) is 4.79 Å². The van der Waals surface area contributed by atoms with E-state index in [9.17, 15) is 14.4 Å². The fourth-order valence-electron chi connectivity index (χ4n) is 3.57. The van der Waals surface area contributed by atoms with E-state index in [-0.39, 0.29) is 24.2 Å². The van der Waals surface area contributed by atoms with Crippen molar-refractivity contribution in [3.63, 3.8) is 0 Å². The summed E-state index contributed by atoms with van der Waals surface area (Å²) < 4.78 is 10.4. The molecule has 1 aromatic heterocycles. The molecule has 1 aromatic rings. The minimum Gasteiger partial charge on any atom is -0.462 e. The molecular formula is C20H30N2O5. The van der Waals surface area contributed by atoms with Crippen molar-refractivity contribution < 1.29 is 23.9 Å². The Morgan fingerprint density at radius 2 is 1.85 bits per heavy atom. The molecule has 27 heavy (non-hydrogen) atoms. The third-order valence-corrected chi connectivity index (χ3v) is 5.21. The van der Waals surface area contributed by atoms with Gasteiger partial charge in [0.25, 0.3) is 5.91 Å². The Bertz CT molecular complexity index is 709. The highest BCUT2D eigenvalue weighted by molar-refractivity contribution is 5.99. The number of nitrogens with one attached hydrogen (secondary N) is 2. The van der Waals surface area contributed by atoms with E-state index in [2.05, 4.69) is 17.2 Å². The smallest absolute Gasteiger partial charge is 0.355 e. The van der Waals surface area contributed by atoms with Crippen molar-refractivity contribution in [2.45, 2.75) is 72.4 Å². The summed E-state index contributed by atoms with van der Waals surface area (Å²) in [6, 6.07) is 0.122. The molecule has 1 heterocycles. The molecule has 0 saturated heterocycles. The van der Waals surface area contributed by atoms with Crippen LogP contribution in [0.3, 0.4) is 0 Å². The molecule has 2 rings (SSSR count). The van der Waals surface area contributed by atoms with Gasteiger partial charge in [-0.1, -0.05) is 19.8 Å². The molecule has 0 aliphatic heterocycles. The second-order valence-electron chi connectivity index (χ2n) is 7.27. The summed E-state index contributed by atoms with van der Waals surface area (Å²) in [5.74, 6) is -1.02. The molecular weight excluding hydrogens is 348 g/mol. The molecule has 2 N–H and O–H groups in total. The zero-order valence-corrected chi connectivity index (χ0v) is 16.8. The Labute approximate surface area is 160 Å². The van der Waals surface area contributed by atoms with Crippen LogP contribution in [0.5, 0.6) is 0 Å². The lowest BCUT2D eigenvalue weighted by Crippen LogP contribution is -2.46. The van der Waals surface area contributed by atoms with Gasteiger partial charge in [0.2, 0.25) is 0 Å². The van der Waals surface area contributed by atoms with Crippen molar-refractivity contribution in [2.75, 3.05) is 6.61 Å². The molecule has 0 bridgehead atoms. The first kappa shape index (κ1) is 21.0. The number of esters is 2. The van der Waals surface area contributed by atoms with Gasteiger partial charge in [0, 0.05) is 11.7 Å². The van der Waals surface area contributed by atoms with Gasteiger partial charge < -0.3 is 19.8 Å². The minimum atomic E-state index is -0.916. The fraction of sp³-hybridized carbons (Fsp3) is 0.650. The van der Waals surface area contributed by atoms with E-state index in [0.717, 1.165) is 19.3 Å². The average Bonchev–Trinajstić information content (AvgIpc) is 2.91. The number of carbonyl (C=O) groups is 3.